The standard InChI is InChI=1S/C22H24N2O3/c1-14(2)20(25)18-19(15-8-6-5-7-9-15)24(22(27)21(18)26)17-12-10-16(11-13-17)23(3)4/h5-14,19,26H,1-4H3. The molecule has 2 aromatic carbocycles. The molecule has 27 heavy (non-hydrogen) atoms. The number of aliphatic hydroxyl groups excluding tert-OH is 1. The lowest BCUT2D eigenvalue weighted by molar-refractivity contribution is -0.119. The SMILES string of the molecule is CC(C)C(=O)C1=C(O)C(=O)N(c2ccc(N(C)C)cc2)C1c1ccccc1. The number of aliphatic hydroxyl groups is 1. The zero-order valence-corrected chi connectivity index (χ0v) is 16.0. The summed E-state index contributed by atoms with van der Waals surface area (Å²) in [7, 11) is 3.88. The molecule has 1 heterocycles. The summed E-state index contributed by atoms with van der Waals surface area (Å²) in [4.78, 5) is 29.2. The Morgan fingerprint density at radius 3 is 2.15 bits per heavy atom. The van der Waals surface area contributed by atoms with Crippen LogP contribution in [-0.2, 0) is 9.59 Å². The number of anilines is 2. The van der Waals surface area contributed by atoms with Crippen LogP contribution in [0, 0.1) is 5.92 Å². The largest absolute Gasteiger partial charge is 0.503 e. The average molecular weight is 364 g/mol. The molecule has 0 saturated carbocycles. The van der Waals surface area contributed by atoms with Crippen LogP contribution >= 0.6 is 0 Å². The zero-order valence-electron chi connectivity index (χ0n) is 16.0. The summed E-state index contributed by atoms with van der Waals surface area (Å²) in [5.41, 5.74) is 2.59. The Bertz CT molecular complexity index is 884. The van der Waals surface area contributed by atoms with E-state index in [0.29, 0.717) is 5.69 Å². The second-order valence-corrected chi connectivity index (χ2v) is 7.18. The number of Topliss-reactive ketones (excluding diaryl/α,β-unsaturated/α-hetero) is 1. The molecule has 140 valence electrons. The normalized spacial score (nSPS) is 17.0. The van der Waals surface area contributed by atoms with E-state index in [1.54, 1.807) is 13.8 Å². The second-order valence-electron chi connectivity index (χ2n) is 7.18. The quantitative estimate of drug-likeness (QED) is 0.875. The van der Waals surface area contributed by atoms with Crippen LogP contribution in [0.25, 0.3) is 0 Å². The maximum absolute atomic E-state index is 12.9. The van der Waals surface area contributed by atoms with Crippen molar-refractivity contribution < 1.29 is 14.7 Å². The minimum atomic E-state index is -0.640. The third-order valence-corrected chi connectivity index (χ3v) is 4.76. The van der Waals surface area contributed by atoms with Crippen molar-refractivity contribution in [2.45, 2.75) is 19.9 Å². The van der Waals surface area contributed by atoms with Gasteiger partial charge in [-0.2, -0.15) is 0 Å². The van der Waals surface area contributed by atoms with Gasteiger partial charge in [0.1, 0.15) is 0 Å². The van der Waals surface area contributed by atoms with Crippen LogP contribution < -0.4 is 9.80 Å². The minimum Gasteiger partial charge on any atom is -0.503 e. The number of carbonyl (C=O) groups is 2. The molecule has 1 N–H and O–H groups in total. The van der Waals surface area contributed by atoms with E-state index in [2.05, 4.69) is 0 Å². The van der Waals surface area contributed by atoms with Crippen molar-refractivity contribution in [1.82, 2.24) is 0 Å². The number of amides is 1. The first-order valence-corrected chi connectivity index (χ1v) is 8.96. The highest BCUT2D eigenvalue weighted by molar-refractivity contribution is 6.16. The number of ketones is 1. The molecule has 2 aromatic rings. The summed E-state index contributed by atoms with van der Waals surface area (Å²) < 4.78 is 0. The molecule has 0 radical (unpaired) electrons. The topological polar surface area (TPSA) is 60.9 Å². The maximum Gasteiger partial charge on any atom is 0.294 e. The van der Waals surface area contributed by atoms with Crippen molar-refractivity contribution in [3.05, 3.63) is 71.5 Å². The second kappa shape index (κ2) is 7.27. The molecule has 1 unspecified atom stereocenters. The number of rotatable bonds is 5. The van der Waals surface area contributed by atoms with E-state index in [9.17, 15) is 14.7 Å². The summed E-state index contributed by atoms with van der Waals surface area (Å²) in [6.07, 6.45) is 0. The highest BCUT2D eigenvalue weighted by Gasteiger charge is 2.44. The molecule has 0 fully saturated rings. The third kappa shape index (κ3) is 3.33. The van der Waals surface area contributed by atoms with Crippen LogP contribution in [0.15, 0.2) is 65.9 Å². The van der Waals surface area contributed by atoms with Crippen molar-refractivity contribution in [2.75, 3.05) is 23.9 Å². The van der Waals surface area contributed by atoms with Crippen LogP contribution in [0.3, 0.4) is 0 Å². The summed E-state index contributed by atoms with van der Waals surface area (Å²) in [5, 5.41) is 10.5. The number of nitrogens with zero attached hydrogens (tertiary/aromatic N) is 2. The number of hydrogen-bond acceptors (Lipinski definition) is 4. The van der Waals surface area contributed by atoms with Crippen molar-refractivity contribution >= 4 is 23.1 Å². The van der Waals surface area contributed by atoms with Crippen LogP contribution in [0.1, 0.15) is 25.5 Å². The Morgan fingerprint density at radius 1 is 1.04 bits per heavy atom. The molecule has 1 aliphatic heterocycles. The molecule has 0 spiro atoms. The van der Waals surface area contributed by atoms with Gasteiger partial charge in [0.25, 0.3) is 5.91 Å². The van der Waals surface area contributed by atoms with Crippen LogP contribution in [-0.4, -0.2) is 30.9 Å². The molecule has 0 aliphatic carbocycles. The number of benzene rings is 2. The third-order valence-electron chi connectivity index (χ3n) is 4.76. The van der Waals surface area contributed by atoms with E-state index in [-0.39, 0.29) is 17.3 Å². The first-order chi connectivity index (χ1) is 12.8. The van der Waals surface area contributed by atoms with Crippen LogP contribution in [0.5, 0.6) is 0 Å². The summed E-state index contributed by atoms with van der Waals surface area (Å²) in [5.74, 6) is -1.55. The van der Waals surface area contributed by atoms with Gasteiger partial charge >= 0.3 is 0 Å². The molecule has 1 atom stereocenters. The predicted molar refractivity (Wildman–Crippen MR) is 107 cm³/mol. The van der Waals surface area contributed by atoms with E-state index in [4.69, 9.17) is 0 Å². The van der Waals surface area contributed by atoms with Crippen LogP contribution in [0.4, 0.5) is 11.4 Å². The Labute approximate surface area is 159 Å². The lowest BCUT2D eigenvalue weighted by Gasteiger charge is -2.27. The molecule has 1 aliphatic rings. The van der Waals surface area contributed by atoms with Gasteiger partial charge in [-0.25, -0.2) is 0 Å². The van der Waals surface area contributed by atoms with E-state index in [1.807, 2.05) is 73.6 Å². The molecule has 0 aromatic heterocycles. The number of carbonyl (C=O) groups excluding carboxylic acids is 2. The minimum absolute atomic E-state index is 0.165. The van der Waals surface area contributed by atoms with Crippen molar-refractivity contribution in [3.8, 4) is 0 Å². The first-order valence-electron chi connectivity index (χ1n) is 8.96. The molecule has 0 bridgehead atoms. The van der Waals surface area contributed by atoms with Gasteiger partial charge in [-0.3, -0.25) is 14.5 Å². The van der Waals surface area contributed by atoms with Gasteiger partial charge < -0.3 is 10.0 Å². The van der Waals surface area contributed by atoms with Gasteiger partial charge in [-0.1, -0.05) is 44.2 Å². The fraction of sp³-hybridized carbons (Fsp3) is 0.273. The van der Waals surface area contributed by atoms with Gasteiger partial charge in [0, 0.05) is 31.4 Å². The Balaban J connectivity index is 2.12. The Morgan fingerprint density at radius 2 is 1.63 bits per heavy atom. The van der Waals surface area contributed by atoms with Crippen LogP contribution in [0.2, 0.25) is 0 Å². The molecular formula is C22H24N2O3. The molecule has 0 saturated heterocycles. The van der Waals surface area contributed by atoms with Gasteiger partial charge in [-0.05, 0) is 29.8 Å². The lowest BCUT2D eigenvalue weighted by Crippen LogP contribution is -2.31. The summed E-state index contributed by atoms with van der Waals surface area (Å²) in [6, 6.07) is 16.2. The highest BCUT2D eigenvalue weighted by atomic mass is 16.3. The summed E-state index contributed by atoms with van der Waals surface area (Å²) >= 11 is 0. The first kappa shape index (κ1) is 18.7. The van der Waals surface area contributed by atoms with E-state index in [0.717, 1.165) is 11.3 Å². The van der Waals surface area contributed by atoms with E-state index >= 15 is 0 Å². The maximum atomic E-state index is 12.9. The highest BCUT2D eigenvalue weighted by Crippen LogP contribution is 2.41. The van der Waals surface area contributed by atoms with Gasteiger partial charge in [0.2, 0.25) is 0 Å². The fourth-order valence-corrected chi connectivity index (χ4v) is 3.30. The molecule has 5 nitrogen and oxygen atoms in total. The zero-order chi connectivity index (χ0) is 19.7. The molecule has 1 amide bonds. The number of hydrogen-bond donors (Lipinski definition) is 1. The van der Waals surface area contributed by atoms with E-state index in [1.165, 1.54) is 4.90 Å². The lowest BCUT2D eigenvalue weighted by atomic mass is 9.91. The monoisotopic (exact) mass is 364 g/mol. The predicted octanol–water partition coefficient (Wildman–Crippen LogP) is 3.88. The van der Waals surface area contributed by atoms with Gasteiger partial charge in [0.15, 0.2) is 11.5 Å². The fourth-order valence-electron chi connectivity index (χ4n) is 3.30. The van der Waals surface area contributed by atoms with Gasteiger partial charge in [-0.15, -0.1) is 0 Å². The summed E-state index contributed by atoms with van der Waals surface area (Å²) in [6.45, 7) is 3.54. The van der Waals surface area contributed by atoms with Crippen molar-refractivity contribution in [2.24, 2.45) is 5.92 Å². The van der Waals surface area contributed by atoms with Crippen molar-refractivity contribution in [1.29, 1.82) is 0 Å². The molecule has 5 heteroatoms. The van der Waals surface area contributed by atoms with Gasteiger partial charge in [0.05, 0.1) is 11.6 Å². The van der Waals surface area contributed by atoms with Crippen molar-refractivity contribution in [3.63, 3.8) is 0 Å². The average Bonchev–Trinajstić information content (AvgIpc) is 2.93. The van der Waals surface area contributed by atoms with E-state index < -0.39 is 17.7 Å². The molecule has 3 rings (SSSR count). The Hall–Kier alpha value is -3.08. The Kier molecular flexibility index (Phi) is 5.04. The molecular weight excluding hydrogens is 340 g/mol. The smallest absolute Gasteiger partial charge is 0.294 e.